The van der Waals surface area contributed by atoms with Gasteiger partial charge in [0, 0.05) is 5.56 Å². The van der Waals surface area contributed by atoms with Gasteiger partial charge in [0.2, 0.25) is 5.12 Å². The highest BCUT2D eigenvalue weighted by atomic mass is 32.2. The van der Waals surface area contributed by atoms with Crippen molar-refractivity contribution in [2.45, 2.75) is 13.0 Å². The normalized spacial score (nSPS) is 13.0. The molecule has 14 heavy (non-hydrogen) atoms. The molecule has 0 spiro atoms. The lowest BCUT2D eigenvalue weighted by Gasteiger charge is -1.96. The lowest BCUT2D eigenvalue weighted by Crippen LogP contribution is -1.93. The molecule has 1 aromatic carbocycles. The number of carbonyl (C=O) groups excluding carboxylic acids is 1. The van der Waals surface area contributed by atoms with Crippen molar-refractivity contribution in [2.75, 3.05) is 0 Å². The van der Waals surface area contributed by atoms with E-state index in [4.69, 9.17) is 5.11 Å². The van der Waals surface area contributed by atoms with Gasteiger partial charge < -0.3 is 5.11 Å². The molecule has 1 N–H and O–H groups in total. The summed E-state index contributed by atoms with van der Waals surface area (Å²) in [6.45, 7) is 1.64. The molecule has 0 aromatic heterocycles. The number of aliphatic hydroxyl groups is 1. The fraction of sp³-hybridized carbons (Fsp3) is 0.182. The smallest absolute Gasteiger partial charge is 0.223 e. The average molecular weight is 208 g/mol. The molecule has 2 nitrogen and oxygen atoms in total. The molecule has 0 saturated heterocycles. The van der Waals surface area contributed by atoms with Crippen LogP contribution < -0.4 is 0 Å². The molecular weight excluding hydrogens is 196 g/mol. The van der Waals surface area contributed by atoms with Gasteiger partial charge in [0.05, 0.1) is 6.10 Å². The first kappa shape index (κ1) is 11.0. The van der Waals surface area contributed by atoms with E-state index in [0.29, 0.717) is 5.56 Å². The quantitative estimate of drug-likeness (QED) is 0.829. The third-order valence-corrected chi connectivity index (χ3v) is 2.28. The molecule has 74 valence electrons. The summed E-state index contributed by atoms with van der Waals surface area (Å²) in [7, 11) is 0. The monoisotopic (exact) mass is 208 g/mol. The Hall–Kier alpha value is -1.06. The summed E-state index contributed by atoms with van der Waals surface area (Å²) >= 11 is 1.08. The number of hydrogen-bond acceptors (Lipinski definition) is 3. The van der Waals surface area contributed by atoms with E-state index in [-0.39, 0.29) is 5.12 Å². The Morgan fingerprint density at radius 3 is 2.64 bits per heavy atom. The number of rotatable bonds is 3. The molecule has 1 unspecified atom stereocenters. The van der Waals surface area contributed by atoms with E-state index >= 15 is 0 Å². The molecule has 3 heteroatoms. The van der Waals surface area contributed by atoms with Crippen molar-refractivity contribution in [1.82, 2.24) is 0 Å². The minimum Gasteiger partial charge on any atom is -0.389 e. The van der Waals surface area contributed by atoms with Crippen LogP contribution in [0.5, 0.6) is 0 Å². The molecule has 0 bridgehead atoms. The SMILES string of the molecule is CC(O)C=CSC(=O)c1ccccc1. The second-order valence-corrected chi connectivity index (χ2v) is 3.72. The third kappa shape index (κ3) is 3.77. The minimum absolute atomic E-state index is 0.0116. The molecule has 0 saturated carbocycles. The van der Waals surface area contributed by atoms with Gasteiger partial charge in [-0.1, -0.05) is 42.1 Å². The summed E-state index contributed by atoms with van der Waals surface area (Å²) in [6, 6.07) is 9.06. The van der Waals surface area contributed by atoms with E-state index in [1.54, 1.807) is 30.5 Å². The fourth-order valence-electron chi connectivity index (χ4n) is 0.857. The lowest BCUT2D eigenvalue weighted by atomic mass is 10.2. The molecule has 1 rings (SSSR count). The van der Waals surface area contributed by atoms with Crippen LogP contribution in [0.2, 0.25) is 0 Å². The molecule has 0 heterocycles. The molecular formula is C11H12O2S. The predicted molar refractivity (Wildman–Crippen MR) is 59.2 cm³/mol. The Kier molecular flexibility index (Phi) is 4.43. The Bertz CT molecular complexity index is 317. The van der Waals surface area contributed by atoms with Gasteiger partial charge in [-0.15, -0.1) is 0 Å². The summed E-state index contributed by atoms with van der Waals surface area (Å²) in [5, 5.41) is 10.5. The third-order valence-electron chi connectivity index (χ3n) is 1.54. The zero-order chi connectivity index (χ0) is 10.4. The highest BCUT2D eigenvalue weighted by molar-refractivity contribution is 8.16. The average Bonchev–Trinajstić information content (AvgIpc) is 2.18. The van der Waals surface area contributed by atoms with Gasteiger partial charge in [0.1, 0.15) is 0 Å². The molecule has 0 radical (unpaired) electrons. The summed E-state index contributed by atoms with van der Waals surface area (Å²) in [4.78, 5) is 11.5. The van der Waals surface area contributed by atoms with Gasteiger partial charge in [-0.3, -0.25) is 4.79 Å². The Labute approximate surface area is 87.6 Å². The summed E-state index contributed by atoms with van der Waals surface area (Å²) in [5.74, 6) is 0. The maximum atomic E-state index is 11.5. The van der Waals surface area contributed by atoms with Gasteiger partial charge in [-0.05, 0) is 18.4 Å². The van der Waals surface area contributed by atoms with Crippen LogP contribution in [0.4, 0.5) is 0 Å². The van der Waals surface area contributed by atoms with Crippen LogP contribution >= 0.6 is 11.8 Å². The largest absolute Gasteiger partial charge is 0.389 e. The van der Waals surface area contributed by atoms with Crippen LogP contribution in [0.1, 0.15) is 17.3 Å². The summed E-state index contributed by atoms with van der Waals surface area (Å²) in [5.41, 5.74) is 0.674. The molecule has 0 fully saturated rings. The number of carbonyl (C=O) groups is 1. The number of hydrogen-bond donors (Lipinski definition) is 1. The van der Waals surface area contributed by atoms with E-state index in [1.807, 2.05) is 18.2 Å². The molecule has 0 amide bonds. The maximum absolute atomic E-state index is 11.5. The summed E-state index contributed by atoms with van der Waals surface area (Å²) in [6.07, 6.45) is 1.07. The first-order valence-electron chi connectivity index (χ1n) is 4.31. The second kappa shape index (κ2) is 5.62. The van der Waals surface area contributed by atoms with Crippen molar-refractivity contribution in [2.24, 2.45) is 0 Å². The zero-order valence-electron chi connectivity index (χ0n) is 7.88. The van der Waals surface area contributed by atoms with Crippen LogP contribution in [-0.2, 0) is 0 Å². The van der Waals surface area contributed by atoms with E-state index in [2.05, 4.69) is 0 Å². The Balaban J connectivity index is 2.52. The van der Waals surface area contributed by atoms with Gasteiger partial charge in [0.15, 0.2) is 0 Å². The summed E-state index contributed by atoms with van der Waals surface area (Å²) < 4.78 is 0. The van der Waals surface area contributed by atoms with E-state index in [0.717, 1.165) is 11.8 Å². The highest BCUT2D eigenvalue weighted by Gasteiger charge is 2.02. The molecule has 0 aliphatic carbocycles. The van der Waals surface area contributed by atoms with Crippen molar-refractivity contribution in [3.05, 3.63) is 47.4 Å². The predicted octanol–water partition coefficient (Wildman–Crippen LogP) is 2.45. The van der Waals surface area contributed by atoms with Crippen molar-refractivity contribution in [3.8, 4) is 0 Å². The Morgan fingerprint density at radius 2 is 2.07 bits per heavy atom. The number of thioether (sulfide) groups is 1. The molecule has 1 aromatic rings. The van der Waals surface area contributed by atoms with Crippen molar-refractivity contribution in [1.29, 1.82) is 0 Å². The second-order valence-electron chi connectivity index (χ2n) is 2.84. The Morgan fingerprint density at radius 1 is 1.43 bits per heavy atom. The zero-order valence-corrected chi connectivity index (χ0v) is 8.70. The lowest BCUT2D eigenvalue weighted by molar-refractivity contribution is 0.109. The van der Waals surface area contributed by atoms with Gasteiger partial charge in [0.25, 0.3) is 0 Å². The standard InChI is InChI=1S/C11H12O2S/c1-9(12)7-8-14-11(13)10-5-3-2-4-6-10/h2-9,12H,1H3. The number of aliphatic hydroxyl groups excluding tert-OH is 1. The van der Waals surface area contributed by atoms with Crippen molar-refractivity contribution < 1.29 is 9.90 Å². The molecule has 0 aliphatic heterocycles. The van der Waals surface area contributed by atoms with Gasteiger partial charge in [-0.25, -0.2) is 0 Å². The maximum Gasteiger partial charge on any atom is 0.223 e. The number of benzene rings is 1. The van der Waals surface area contributed by atoms with E-state index < -0.39 is 6.10 Å². The topological polar surface area (TPSA) is 37.3 Å². The van der Waals surface area contributed by atoms with Crippen LogP contribution in [0.3, 0.4) is 0 Å². The molecule has 0 aliphatic rings. The molecule has 1 atom stereocenters. The highest BCUT2D eigenvalue weighted by Crippen LogP contribution is 2.13. The van der Waals surface area contributed by atoms with Crippen LogP contribution in [0.15, 0.2) is 41.8 Å². The van der Waals surface area contributed by atoms with Crippen LogP contribution in [0, 0.1) is 0 Å². The first-order valence-corrected chi connectivity index (χ1v) is 5.19. The van der Waals surface area contributed by atoms with Crippen molar-refractivity contribution in [3.63, 3.8) is 0 Å². The van der Waals surface area contributed by atoms with E-state index in [1.165, 1.54) is 0 Å². The van der Waals surface area contributed by atoms with Crippen molar-refractivity contribution >= 4 is 16.9 Å². The van der Waals surface area contributed by atoms with Gasteiger partial charge in [-0.2, -0.15) is 0 Å². The first-order chi connectivity index (χ1) is 6.70. The van der Waals surface area contributed by atoms with Crippen LogP contribution in [-0.4, -0.2) is 16.3 Å². The van der Waals surface area contributed by atoms with E-state index in [9.17, 15) is 4.79 Å². The van der Waals surface area contributed by atoms with Crippen LogP contribution in [0.25, 0.3) is 0 Å². The minimum atomic E-state index is -0.508. The van der Waals surface area contributed by atoms with Gasteiger partial charge >= 0.3 is 0 Å². The fourth-order valence-corrected chi connectivity index (χ4v) is 1.56.